The van der Waals surface area contributed by atoms with Crippen LogP contribution in [-0.4, -0.2) is 8.42 Å². The molecule has 0 saturated heterocycles. The van der Waals surface area contributed by atoms with Crippen molar-refractivity contribution in [3.63, 3.8) is 0 Å². The number of hydrogen-bond acceptors (Lipinski definition) is 2. The normalized spacial score (nSPS) is 20.3. The highest BCUT2D eigenvalue weighted by Crippen LogP contribution is 2.33. The summed E-state index contributed by atoms with van der Waals surface area (Å²) < 4.78 is 37.4. The summed E-state index contributed by atoms with van der Waals surface area (Å²) in [6.07, 6.45) is 1.22. The smallest absolute Gasteiger partial charge is 0.216 e. The Morgan fingerprint density at radius 3 is 2.87 bits per heavy atom. The largest absolute Gasteiger partial charge is 0.274 e. The molecule has 2 rings (SSSR count). The van der Waals surface area contributed by atoms with Gasteiger partial charge in [0.1, 0.15) is 5.82 Å². The maximum absolute atomic E-state index is 13.4. The number of fused-ring (bicyclic) bond motifs is 1. The number of aryl methyl sites for hydroxylation is 1. The van der Waals surface area contributed by atoms with Crippen LogP contribution in [0.25, 0.3) is 0 Å². The van der Waals surface area contributed by atoms with Crippen molar-refractivity contribution in [2.24, 2.45) is 5.14 Å². The third-order valence-electron chi connectivity index (χ3n) is 2.50. The standard InChI is InChI=1S/C9H11FN2O2S/c10-7-3-1-2-6-4-5-8(9(6)7)12-15(11,13)14/h1-3,8,12H,4-5H2,(H2,11,13,14)/t8-/m0/s1. The lowest BCUT2D eigenvalue weighted by Crippen LogP contribution is -2.33. The molecule has 0 fully saturated rings. The molecule has 0 amide bonds. The van der Waals surface area contributed by atoms with Crippen LogP contribution < -0.4 is 9.86 Å². The van der Waals surface area contributed by atoms with E-state index in [2.05, 4.69) is 4.72 Å². The van der Waals surface area contributed by atoms with E-state index in [4.69, 9.17) is 5.14 Å². The molecule has 0 heterocycles. The van der Waals surface area contributed by atoms with Crippen LogP contribution in [0, 0.1) is 5.82 Å². The zero-order chi connectivity index (χ0) is 11.1. The number of benzene rings is 1. The minimum absolute atomic E-state index is 0.383. The van der Waals surface area contributed by atoms with E-state index < -0.39 is 16.3 Å². The molecule has 0 unspecified atom stereocenters. The second-order valence-corrected chi connectivity index (χ2v) is 4.89. The van der Waals surface area contributed by atoms with E-state index >= 15 is 0 Å². The van der Waals surface area contributed by atoms with Gasteiger partial charge in [0.05, 0.1) is 6.04 Å². The van der Waals surface area contributed by atoms with Gasteiger partial charge in [0.25, 0.3) is 10.2 Å². The minimum atomic E-state index is -3.78. The zero-order valence-electron chi connectivity index (χ0n) is 7.90. The van der Waals surface area contributed by atoms with Gasteiger partial charge in [-0.1, -0.05) is 12.1 Å². The molecule has 4 nitrogen and oxygen atoms in total. The monoisotopic (exact) mass is 230 g/mol. The van der Waals surface area contributed by atoms with Gasteiger partial charge in [-0.05, 0) is 24.5 Å². The van der Waals surface area contributed by atoms with Gasteiger partial charge in [-0.3, -0.25) is 0 Å². The average molecular weight is 230 g/mol. The van der Waals surface area contributed by atoms with E-state index in [-0.39, 0.29) is 5.82 Å². The van der Waals surface area contributed by atoms with Crippen LogP contribution in [0.2, 0.25) is 0 Å². The lowest BCUT2D eigenvalue weighted by atomic mass is 10.1. The van der Waals surface area contributed by atoms with E-state index in [9.17, 15) is 12.8 Å². The first-order valence-corrected chi connectivity index (χ1v) is 6.09. The number of halogens is 1. The Labute approximate surface area is 87.5 Å². The summed E-state index contributed by atoms with van der Waals surface area (Å²) >= 11 is 0. The van der Waals surface area contributed by atoms with Crippen LogP contribution in [0.1, 0.15) is 23.6 Å². The molecule has 0 aromatic heterocycles. The Balaban J connectivity index is 2.36. The van der Waals surface area contributed by atoms with Crippen molar-refractivity contribution in [1.29, 1.82) is 0 Å². The van der Waals surface area contributed by atoms with Gasteiger partial charge in [0.2, 0.25) is 0 Å². The van der Waals surface area contributed by atoms with Gasteiger partial charge in [0.15, 0.2) is 0 Å². The van der Waals surface area contributed by atoms with E-state index in [0.717, 1.165) is 5.56 Å². The van der Waals surface area contributed by atoms with Crippen molar-refractivity contribution in [3.8, 4) is 0 Å². The first kappa shape index (κ1) is 10.5. The molecule has 3 N–H and O–H groups in total. The molecular formula is C9H11FN2O2S. The number of nitrogens with two attached hydrogens (primary N) is 1. The quantitative estimate of drug-likeness (QED) is 0.781. The van der Waals surface area contributed by atoms with Gasteiger partial charge >= 0.3 is 0 Å². The van der Waals surface area contributed by atoms with Crippen LogP contribution in [0.4, 0.5) is 4.39 Å². The highest BCUT2D eigenvalue weighted by Gasteiger charge is 2.27. The summed E-state index contributed by atoms with van der Waals surface area (Å²) in [4.78, 5) is 0. The van der Waals surface area contributed by atoms with Gasteiger partial charge in [-0.2, -0.15) is 13.1 Å². The molecule has 6 heteroatoms. The molecule has 1 aliphatic carbocycles. The van der Waals surface area contributed by atoms with Crippen molar-refractivity contribution < 1.29 is 12.8 Å². The van der Waals surface area contributed by atoms with Crippen molar-refractivity contribution >= 4 is 10.2 Å². The summed E-state index contributed by atoms with van der Waals surface area (Å²) in [5, 5.41) is 4.86. The van der Waals surface area contributed by atoms with Gasteiger partial charge in [0, 0.05) is 5.56 Å². The topological polar surface area (TPSA) is 72.2 Å². The zero-order valence-corrected chi connectivity index (χ0v) is 8.72. The lowest BCUT2D eigenvalue weighted by molar-refractivity contribution is 0.539. The number of rotatable bonds is 2. The maximum Gasteiger partial charge on any atom is 0.274 e. The molecule has 0 radical (unpaired) electrons. The fourth-order valence-electron chi connectivity index (χ4n) is 1.95. The van der Waals surface area contributed by atoms with Crippen LogP contribution >= 0.6 is 0 Å². The van der Waals surface area contributed by atoms with Crippen molar-refractivity contribution in [2.75, 3.05) is 0 Å². The van der Waals surface area contributed by atoms with Crippen LogP contribution in [0.5, 0.6) is 0 Å². The molecule has 1 aromatic carbocycles. The van der Waals surface area contributed by atoms with Crippen LogP contribution in [0.15, 0.2) is 18.2 Å². The Hall–Kier alpha value is -0.980. The number of hydrogen-bond donors (Lipinski definition) is 2. The van der Waals surface area contributed by atoms with Gasteiger partial charge < -0.3 is 0 Å². The molecule has 1 atom stereocenters. The van der Waals surface area contributed by atoms with Gasteiger partial charge in [-0.25, -0.2) is 9.53 Å². The summed E-state index contributed by atoms with van der Waals surface area (Å²) in [7, 11) is -3.78. The third kappa shape index (κ3) is 2.17. The van der Waals surface area contributed by atoms with Crippen molar-refractivity contribution in [2.45, 2.75) is 18.9 Å². The van der Waals surface area contributed by atoms with Crippen molar-refractivity contribution in [1.82, 2.24) is 4.72 Å². The molecular weight excluding hydrogens is 219 g/mol. The van der Waals surface area contributed by atoms with E-state index in [1.807, 2.05) is 0 Å². The fraction of sp³-hybridized carbons (Fsp3) is 0.333. The first-order chi connectivity index (χ1) is 6.97. The summed E-state index contributed by atoms with van der Waals surface area (Å²) in [6.45, 7) is 0. The van der Waals surface area contributed by atoms with Gasteiger partial charge in [-0.15, -0.1) is 0 Å². The Morgan fingerprint density at radius 1 is 1.47 bits per heavy atom. The Morgan fingerprint density at radius 2 is 2.20 bits per heavy atom. The molecule has 15 heavy (non-hydrogen) atoms. The lowest BCUT2D eigenvalue weighted by Gasteiger charge is -2.12. The summed E-state index contributed by atoms with van der Waals surface area (Å²) in [5.41, 5.74) is 1.27. The molecule has 82 valence electrons. The van der Waals surface area contributed by atoms with Crippen LogP contribution in [-0.2, 0) is 16.6 Å². The third-order valence-corrected chi connectivity index (χ3v) is 3.11. The highest BCUT2D eigenvalue weighted by atomic mass is 32.2. The second-order valence-electron chi connectivity index (χ2n) is 3.57. The highest BCUT2D eigenvalue weighted by molar-refractivity contribution is 7.87. The SMILES string of the molecule is NS(=O)(=O)N[C@H]1CCc2cccc(F)c21. The Kier molecular flexibility index (Phi) is 2.49. The predicted molar refractivity (Wildman–Crippen MR) is 53.7 cm³/mol. The molecule has 1 aromatic rings. The van der Waals surface area contributed by atoms with Crippen molar-refractivity contribution in [3.05, 3.63) is 35.1 Å². The summed E-state index contributed by atoms with van der Waals surface area (Å²) in [5.74, 6) is -0.383. The number of nitrogens with one attached hydrogen (secondary N) is 1. The van der Waals surface area contributed by atoms with E-state index in [1.165, 1.54) is 6.07 Å². The molecule has 0 saturated carbocycles. The minimum Gasteiger partial charge on any atom is -0.216 e. The molecule has 1 aliphatic rings. The van der Waals surface area contributed by atoms with E-state index in [0.29, 0.717) is 18.4 Å². The Bertz CT molecular complexity index is 487. The maximum atomic E-state index is 13.4. The fourth-order valence-corrected chi connectivity index (χ4v) is 2.58. The predicted octanol–water partition coefficient (Wildman–Crippen LogP) is 0.606. The summed E-state index contributed by atoms with van der Waals surface area (Å²) in [6, 6.07) is 4.20. The first-order valence-electron chi connectivity index (χ1n) is 4.55. The molecule has 0 bridgehead atoms. The second kappa shape index (κ2) is 3.55. The van der Waals surface area contributed by atoms with Crippen LogP contribution in [0.3, 0.4) is 0 Å². The average Bonchev–Trinajstić information content (AvgIpc) is 2.47. The molecule has 0 spiro atoms. The molecule has 0 aliphatic heterocycles. The van der Waals surface area contributed by atoms with E-state index in [1.54, 1.807) is 12.1 Å².